The van der Waals surface area contributed by atoms with E-state index in [0.29, 0.717) is 5.92 Å². The highest BCUT2D eigenvalue weighted by molar-refractivity contribution is 5.17. The second-order valence-corrected chi connectivity index (χ2v) is 7.21. The molecule has 1 atom stereocenters. The van der Waals surface area contributed by atoms with E-state index >= 15 is 0 Å². The molecule has 0 N–H and O–H groups in total. The molecule has 1 fully saturated rings. The number of halogens is 1. The smallest absolute Gasteiger partial charge is 0.146 e. The molecule has 0 radical (unpaired) electrons. The van der Waals surface area contributed by atoms with Crippen LogP contribution in [0.1, 0.15) is 24.2 Å². The second kappa shape index (κ2) is 8.54. The number of benzene rings is 1. The van der Waals surface area contributed by atoms with E-state index < -0.39 is 0 Å². The summed E-state index contributed by atoms with van der Waals surface area (Å²) in [4.78, 5) is 4.81. The minimum Gasteiger partial charge on any atom is -0.320 e. The largest absolute Gasteiger partial charge is 0.320 e. The van der Waals surface area contributed by atoms with Gasteiger partial charge in [-0.05, 0) is 50.4 Å². The lowest BCUT2D eigenvalue weighted by molar-refractivity contribution is 0.140. The number of aromatic nitrogens is 3. The molecule has 0 spiro atoms. The zero-order chi connectivity index (χ0) is 17.6. The molecule has 136 valence electrons. The third kappa shape index (κ3) is 5.09. The summed E-state index contributed by atoms with van der Waals surface area (Å²) < 4.78 is 15.7. The summed E-state index contributed by atoms with van der Waals surface area (Å²) in [6, 6.07) is 7.11. The van der Waals surface area contributed by atoms with Gasteiger partial charge in [0.2, 0.25) is 0 Å². The molecule has 1 aromatic heterocycles. The molecule has 2 aromatic rings. The molecule has 0 aliphatic carbocycles. The van der Waals surface area contributed by atoms with Gasteiger partial charge in [-0.25, -0.2) is 4.39 Å². The molecule has 1 aliphatic heterocycles. The fourth-order valence-corrected chi connectivity index (χ4v) is 3.68. The lowest BCUT2D eigenvalue weighted by Crippen LogP contribution is -2.41. The summed E-state index contributed by atoms with van der Waals surface area (Å²) in [5.41, 5.74) is 0.823. The van der Waals surface area contributed by atoms with Gasteiger partial charge >= 0.3 is 0 Å². The maximum atomic E-state index is 13.8. The molecular formula is C19H28FN5. The Morgan fingerprint density at radius 1 is 1.32 bits per heavy atom. The first-order valence-corrected chi connectivity index (χ1v) is 9.09. The van der Waals surface area contributed by atoms with Gasteiger partial charge in [0.05, 0.1) is 6.54 Å². The van der Waals surface area contributed by atoms with Gasteiger partial charge in [-0.3, -0.25) is 4.90 Å². The number of hydrogen-bond acceptors (Lipinski definition) is 4. The standard InChI is InChI=1S/C19H28FN5/c1-23(14-19-22-21-15-24(19)2)12-16-6-5-10-25(13-16)11-9-17-7-3-4-8-18(17)20/h3-4,7-8,15-16H,5-6,9-14H2,1-2H3. The number of piperidine rings is 1. The Morgan fingerprint density at radius 2 is 2.16 bits per heavy atom. The molecule has 0 amide bonds. The molecule has 25 heavy (non-hydrogen) atoms. The minimum atomic E-state index is -0.0838. The van der Waals surface area contributed by atoms with Crippen LogP contribution in [-0.2, 0) is 20.0 Å². The number of rotatable bonds is 7. The van der Waals surface area contributed by atoms with Crippen LogP contribution < -0.4 is 0 Å². The van der Waals surface area contributed by atoms with Gasteiger partial charge in [-0.2, -0.15) is 0 Å². The molecule has 0 bridgehead atoms. The summed E-state index contributed by atoms with van der Waals surface area (Å²) in [7, 11) is 4.13. The van der Waals surface area contributed by atoms with Crippen LogP contribution in [0.25, 0.3) is 0 Å². The zero-order valence-corrected chi connectivity index (χ0v) is 15.2. The van der Waals surface area contributed by atoms with Crippen molar-refractivity contribution >= 4 is 0 Å². The van der Waals surface area contributed by atoms with Crippen LogP contribution in [0.15, 0.2) is 30.6 Å². The number of hydrogen-bond donors (Lipinski definition) is 0. The topological polar surface area (TPSA) is 37.2 Å². The number of aryl methyl sites for hydroxylation is 1. The normalized spacial score (nSPS) is 18.8. The minimum absolute atomic E-state index is 0.0838. The van der Waals surface area contributed by atoms with Gasteiger partial charge in [0.1, 0.15) is 18.0 Å². The Morgan fingerprint density at radius 3 is 2.92 bits per heavy atom. The van der Waals surface area contributed by atoms with Gasteiger partial charge in [-0.1, -0.05) is 18.2 Å². The first kappa shape index (κ1) is 18.0. The zero-order valence-electron chi connectivity index (χ0n) is 15.2. The Bertz CT molecular complexity index is 671. The van der Waals surface area contributed by atoms with E-state index in [4.69, 9.17) is 0 Å². The van der Waals surface area contributed by atoms with E-state index in [0.717, 1.165) is 50.5 Å². The van der Waals surface area contributed by atoms with E-state index in [1.807, 2.05) is 23.7 Å². The van der Waals surface area contributed by atoms with Gasteiger partial charge in [0.25, 0.3) is 0 Å². The van der Waals surface area contributed by atoms with Crippen LogP contribution >= 0.6 is 0 Å². The first-order valence-electron chi connectivity index (χ1n) is 9.09. The lowest BCUT2D eigenvalue weighted by Gasteiger charge is -2.34. The second-order valence-electron chi connectivity index (χ2n) is 7.21. The molecule has 1 aromatic carbocycles. The van der Waals surface area contributed by atoms with Gasteiger partial charge in [-0.15, -0.1) is 10.2 Å². The first-order chi connectivity index (χ1) is 12.1. The molecule has 0 saturated carbocycles. The molecule has 3 rings (SSSR count). The monoisotopic (exact) mass is 345 g/mol. The molecule has 6 heteroatoms. The molecular weight excluding hydrogens is 317 g/mol. The molecule has 1 aliphatic rings. The number of likely N-dealkylation sites (tertiary alicyclic amines) is 1. The van der Waals surface area contributed by atoms with Crippen LogP contribution in [0.3, 0.4) is 0 Å². The van der Waals surface area contributed by atoms with E-state index in [1.54, 1.807) is 18.5 Å². The molecule has 1 saturated heterocycles. The van der Waals surface area contributed by atoms with Crippen molar-refractivity contribution in [1.29, 1.82) is 0 Å². The van der Waals surface area contributed by atoms with Crippen LogP contribution in [0.2, 0.25) is 0 Å². The maximum absolute atomic E-state index is 13.8. The van der Waals surface area contributed by atoms with Crippen molar-refractivity contribution in [3.05, 3.63) is 47.8 Å². The van der Waals surface area contributed by atoms with Gasteiger partial charge < -0.3 is 9.47 Å². The lowest BCUT2D eigenvalue weighted by atomic mass is 9.97. The van der Waals surface area contributed by atoms with Crippen LogP contribution in [-0.4, -0.2) is 57.8 Å². The Hall–Kier alpha value is -1.79. The van der Waals surface area contributed by atoms with Gasteiger partial charge in [0, 0.05) is 26.7 Å². The van der Waals surface area contributed by atoms with Crippen molar-refractivity contribution in [2.75, 3.05) is 33.2 Å². The van der Waals surface area contributed by atoms with Crippen LogP contribution in [0, 0.1) is 11.7 Å². The van der Waals surface area contributed by atoms with Crippen molar-refractivity contribution in [3.8, 4) is 0 Å². The number of nitrogens with zero attached hydrogens (tertiary/aromatic N) is 5. The van der Waals surface area contributed by atoms with E-state index in [-0.39, 0.29) is 5.82 Å². The average Bonchev–Trinajstić information content (AvgIpc) is 2.99. The van der Waals surface area contributed by atoms with E-state index in [1.165, 1.54) is 12.8 Å². The quantitative estimate of drug-likeness (QED) is 0.772. The predicted molar refractivity (Wildman–Crippen MR) is 96.6 cm³/mol. The maximum Gasteiger partial charge on any atom is 0.146 e. The SMILES string of the molecule is CN(Cc1nncn1C)CC1CCCN(CCc2ccccc2F)C1. The summed E-state index contributed by atoms with van der Waals surface area (Å²) >= 11 is 0. The summed E-state index contributed by atoms with van der Waals surface area (Å²) in [6.45, 7) is 5.03. The highest BCUT2D eigenvalue weighted by atomic mass is 19.1. The Balaban J connectivity index is 1.46. The molecule has 1 unspecified atom stereocenters. The van der Waals surface area contributed by atoms with Crippen LogP contribution in [0.5, 0.6) is 0 Å². The highest BCUT2D eigenvalue weighted by Crippen LogP contribution is 2.19. The molecule has 5 nitrogen and oxygen atoms in total. The van der Waals surface area contributed by atoms with E-state index in [9.17, 15) is 4.39 Å². The summed E-state index contributed by atoms with van der Waals surface area (Å²) in [6.07, 6.45) is 5.02. The fraction of sp³-hybridized carbons (Fsp3) is 0.579. The van der Waals surface area contributed by atoms with Crippen molar-refractivity contribution in [2.24, 2.45) is 13.0 Å². The Labute approximate surface area is 149 Å². The van der Waals surface area contributed by atoms with Crippen molar-refractivity contribution < 1.29 is 4.39 Å². The van der Waals surface area contributed by atoms with E-state index in [2.05, 4.69) is 27.0 Å². The fourth-order valence-electron chi connectivity index (χ4n) is 3.68. The Kier molecular flexibility index (Phi) is 6.15. The highest BCUT2D eigenvalue weighted by Gasteiger charge is 2.21. The third-order valence-corrected chi connectivity index (χ3v) is 5.04. The van der Waals surface area contributed by atoms with Crippen molar-refractivity contribution in [2.45, 2.75) is 25.8 Å². The van der Waals surface area contributed by atoms with Crippen molar-refractivity contribution in [1.82, 2.24) is 24.6 Å². The predicted octanol–water partition coefficient (Wildman–Crippen LogP) is 2.34. The third-order valence-electron chi connectivity index (χ3n) is 5.04. The van der Waals surface area contributed by atoms with Crippen LogP contribution in [0.4, 0.5) is 4.39 Å². The summed E-state index contributed by atoms with van der Waals surface area (Å²) in [5, 5.41) is 8.10. The van der Waals surface area contributed by atoms with Gasteiger partial charge in [0.15, 0.2) is 0 Å². The van der Waals surface area contributed by atoms with Crippen molar-refractivity contribution in [3.63, 3.8) is 0 Å². The summed E-state index contributed by atoms with van der Waals surface area (Å²) in [5.74, 6) is 1.57. The average molecular weight is 345 g/mol. The molecule has 2 heterocycles.